The van der Waals surface area contributed by atoms with Gasteiger partial charge in [0.1, 0.15) is 6.04 Å². The van der Waals surface area contributed by atoms with Gasteiger partial charge in [-0.15, -0.1) is 11.3 Å². The molecule has 0 aliphatic carbocycles. The van der Waals surface area contributed by atoms with Crippen molar-refractivity contribution in [2.45, 2.75) is 13.0 Å². The summed E-state index contributed by atoms with van der Waals surface area (Å²) < 4.78 is 6.21. The van der Waals surface area contributed by atoms with Crippen LogP contribution in [0.5, 0.6) is 0 Å². The smallest absolute Gasteiger partial charge is 0.264 e. The second-order valence-electron chi connectivity index (χ2n) is 4.09. The van der Waals surface area contributed by atoms with Gasteiger partial charge in [0.2, 0.25) is 5.91 Å². The van der Waals surface area contributed by atoms with Crippen LogP contribution in [0.2, 0.25) is 0 Å². The predicted molar refractivity (Wildman–Crippen MR) is 76.3 cm³/mol. The number of rotatable bonds is 3. The number of carbonyl (C=O) groups is 2. The first kappa shape index (κ1) is 14.5. The first-order chi connectivity index (χ1) is 9.13. The van der Waals surface area contributed by atoms with E-state index in [0.29, 0.717) is 24.6 Å². The molecule has 1 saturated heterocycles. The van der Waals surface area contributed by atoms with Crippen molar-refractivity contribution in [3.63, 3.8) is 0 Å². The molecule has 1 aromatic heterocycles. The third kappa shape index (κ3) is 3.34. The van der Waals surface area contributed by atoms with Crippen LogP contribution in [0.3, 0.4) is 0 Å². The maximum absolute atomic E-state index is 12.4. The average molecular weight is 347 g/mol. The van der Waals surface area contributed by atoms with Crippen LogP contribution in [-0.4, -0.2) is 49.1 Å². The van der Waals surface area contributed by atoms with Crippen molar-refractivity contribution in [3.8, 4) is 0 Å². The molecule has 2 rings (SSSR count). The Balaban J connectivity index is 2.15. The van der Waals surface area contributed by atoms with Gasteiger partial charge >= 0.3 is 0 Å². The molecule has 1 unspecified atom stereocenters. The molecule has 1 fully saturated rings. The molecule has 7 heteroatoms. The zero-order chi connectivity index (χ0) is 13.8. The summed E-state index contributed by atoms with van der Waals surface area (Å²) in [6.45, 7) is 3.56. The molecule has 5 nitrogen and oxygen atoms in total. The highest BCUT2D eigenvalue weighted by Crippen LogP contribution is 2.24. The number of thiophene rings is 1. The molecule has 19 heavy (non-hydrogen) atoms. The van der Waals surface area contributed by atoms with Gasteiger partial charge < -0.3 is 15.0 Å². The van der Waals surface area contributed by atoms with E-state index in [4.69, 9.17) is 4.74 Å². The first-order valence-corrected chi connectivity index (χ1v) is 7.66. The van der Waals surface area contributed by atoms with Gasteiger partial charge in [-0.1, -0.05) is 0 Å². The normalized spacial score (nSPS) is 19.3. The molecular formula is C12H15BrN2O3S. The monoisotopic (exact) mass is 346 g/mol. The lowest BCUT2D eigenvalue weighted by molar-refractivity contribution is -0.130. The molecule has 0 aromatic carbocycles. The van der Waals surface area contributed by atoms with E-state index >= 15 is 0 Å². The molecule has 104 valence electrons. The summed E-state index contributed by atoms with van der Waals surface area (Å²) in [5, 5.41) is 2.74. The molecule has 1 atom stereocenters. The van der Waals surface area contributed by atoms with Crippen molar-refractivity contribution in [1.29, 1.82) is 0 Å². The lowest BCUT2D eigenvalue weighted by Crippen LogP contribution is -2.55. The second-order valence-corrected chi connectivity index (χ2v) is 6.55. The quantitative estimate of drug-likeness (QED) is 0.901. The van der Waals surface area contributed by atoms with Crippen molar-refractivity contribution >= 4 is 39.1 Å². The topological polar surface area (TPSA) is 58.6 Å². The van der Waals surface area contributed by atoms with Crippen molar-refractivity contribution in [3.05, 3.63) is 20.8 Å². The average Bonchev–Trinajstić information content (AvgIpc) is 2.85. The molecule has 2 amide bonds. The molecule has 0 radical (unpaired) electrons. The number of hydrogen-bond donors (Lipinski definition) is 1. The van der Waals surface area contributed by atoms with E-state index in [2.05, 4.69) is 21.2 Å². The fourth-order valence-electron chi connectivity index (χ4n) is 1.93. The van der Waals surface area contributed by atoms with Crippen molar-refractivity contribution < 1.29 is 14.3 Å². The number of carbonyl (C=O) groups excluding carboxylic acids is 2. The van der Waals surface area contributed by atoms with Gasteiger partial charge in [-0.2, -0.15) is 0 Å². The number of morpholine rings is 1. The summed E-state index contributed by atoms with van der Waals surface area (Å²) in [5.41, 5.74) is 0. The molecular weight excluding hydrogens is 332 g/mol. The Hall–Kier alpha value is -0.920. The van der Waals surface area contributed by atoms with Crippen molar-refractivity contribution in [1.82, 2.24) is 10.2 Å². The molecule has 0 saturated carbocycles. The van der Waals surface area contributed by atoms with Crippen LogP contribution in [0.4, 0.5) is 0 Å². The Morgan fingerprint density at radius 2 is 2.37 bits per heavy atom. The van der Waals surface area contributed by atoms with Crippen LogP contribution >= 0.6 is 27.3 Å². The number of nitrogens with zero attached hydrogens (tertiary/aromatic N) is 1. The largest absolute Gasteiger partial charge is 0.377 e. The molecule has 2 heterocycles. The number of nitrogens with one attached hydrogen (secondary N) is 1. The molecule has 1 aliphatic heterocycles. The maximum atomic E-state index is 12.4. The van der Waals surface area contributed by atoms with E-state index in [1.165, 1.54) is 11.3 Å². The first-order valence-electron chi connectivity index (χ1n) is 6.05. The number of ether oxygens (including phenoxy) is 1. The van der Waals surface area contributed by atoms with Gasteiger partial charge in [0.15, 0.2) is 0 Å². The highest BCUT2D eigenvalue weighted by atomic mass is 79.9. The van der Waals surface area contributed by atoms with Crippen molar-refractivity contribution in [2.24, 2.45) is 0 Å². The van der Waals surface area contributed by atoms with Gasteiger partial charge in [-0.05, 0) is 35.0 Å². The van der Waals surface area contributed by atoms with Crippen molar-refractivity contribution in [2.75, 3.05) is 26.3 Å². The Morgan fingerprint density at radius 1 is 1.58 bits per heavy atom. The minimum Gasteiger partial charge on any atom is -0.377 e. The Morgan fingerprint density at radius 3 is 3.00 bits per heavy atom. The van der Waals surface area contributed by atoms with E-state index in [0.717, 1.165) is 3.79 Å². The van der Waals surface area contributed by atoms with Crippen LogP contribution in [0, 0.1) is 0 Å². The highest BCUT2D eigenvalue weighted by molar-refractivity contribution is 9.11. The summed E-state index contributed by atoms with van der Waals surface area (Å²) >= 11 is 4.71. The number of halogens is 1. The summed E-state index contributed by atoms with van der Waals surface area (Å²) in [6, 6.07) is 3.06. The third-order valence-corrected chi connectivity index (χ3v) is 4.44. The number of likely N-dealkylation sites (N-methyl/N-ethyl adjacent to an activating group) is 1. The zero-order valence-electron chi connectivity index (χ0n) is 10.5. The summed E-state index contributed by atoms with van der Waals surface area (Å²) in [5.74, 6) is -0.276. The summed E-state index contributed by atoms with van der Waals surface area (Å²) in [6.07, 6.45) is 0. The van der Waals surface area contributed by atoms with Gasteiger partial charge in [-0.3, -0.25) is 9.59 Å². The van der Waals surface area contributed by atoms with Gasteiger partial charge in [0.25, 0.3) is 5.91 Å². The van der Waals surface area contributed by atoms with Gasteiger partial charge in [-0.25, -0.2) is 0 Å². The molecule has 1 aliphatic rings. The van der Waals surface area contributed by atoms with Gasteiger partial charge in [0.05, 0.1) is 21.9 Å². The lowest BCUT2D eigenvalue weighted by Gasteiger charge is -2.34. The summed E-state index contributed by atoms with van der Waals surface area (Å²) in [7, 11) is 0. The molecule has 0 spiro atoms. The van der Waals surface area contributed by atoms with Crippen LogP contribution in [0.15, 0.2) is 15.9 Å². The fraction of sp³-hybridized carbons (Fsp3) is 0.500. The van der Waals surface area contributed by atoms with E-state index in [1.54, 1.807) is 11.0 Å². The van der Waals surface area contributed by atoms with Crippen LogP contribution in [0.25, 0.3) is 0 Å². The number of hydrogen-bond acceptors (Lipinski definition) is 4. The van der Waals surface area contributed by atoms with E-state index in [-0.39, 0.29) is 18.4 Å². The highest BCUT2D eigenvalue weighted by Gasteiger charge is 2.33. The fourth-order valence-corrected chi connectivity index (χ4v) is 3.27. The minimum absolute atomic E-state index is 0.116. The maximum Gasteiger partial charge on any atom is 0.264 e. The third-order valence-electron chi connectivity index (χ3n) is 2.83. The molecule has 1 aromatic rings. The van der Waals surface area contributed by atoms with E-state index in [9.17, 15) is 9.59 Å². The van der Waals surface area contributed by atoms with Gasteiger partial charge in [0, 0.05) is 13.1 Å². The number of amides is 2. The van der Waals surface area contributed by atoms with Crippen LogP contribution in [-0.2, 0) is 9.53 Å². The Bertz CT molecular complexity index is 477. The standard InChI is InChI=1S/C12H15BrN2O3S/c1-2-14-11(16)8-7-18-6-5-15(8)12(17)9-3-4-10(13)19-9/h3-4,8H,2,5-7H2,1H3,(H,14,16). The van der Waals surface area contributed by atoms with E-state index < -0.39 is 6.04 Å². The zero-order valence-corrected chi connectivity index (χ0v) is 12.9. The lowest BCUT2D eigenvalue weighted by atomic mass is 10.2. The van der Waals surface area contributed by atoms with E-state index in [1.807, 2.05) is 13.0 Å². The van der Waals surface area contributed by atoms with Crippen LogP contribution in [0.1, 0.15) is 16.6 Å². The Labute approximate surface area is 124 Å². The Kier molecular flexibility index (Phi) is 4.95. The second kappa shape index (κ2) is 6.49. The predicted octanol–water partition coefficient (Wildman–Crippen LogP) is 1.49. The molecule has 0 bridgehead atoms. The van der Waals surface area contributed by atoms with Crippen LogP contribution < -0.4 is 5.32 Å². The molecule has 1 N–H and O–H groups in total. The minimum atomic E-state index is -0.540. The SMILES string of the molecule is CCNC(=O)C1COCCN1C(=O)c1ccc(Br)s1. The summed E-state index contributed by atoms with van der Waals surface area (Å²) in [4.78, 5) is 26.6.